The van der Waals surface area contributed by atoms with Gasteiger partial charge in [-0.05, 0) is 38.0 Å². The van der Waals surface area contributed by atoms with Crippen LogP contribution in [0.1, 0.15) is 19.8 Å². The molecule has 0 N–H and O–H groups in total. The van der Waals surface area contributed by atoms with Gasteiger partial charge in [-0.1, -0.05) is 27.5 Å². The molecule has 5 heteroatoms. The molecule has 0 atom stereocenters. The third-order valence-corrected chi connectivity index (χ3v) is 3.75. The Balaban J connectivity index is 1.97. The molecule has 0 amide bonds. The number of halogens is 2. The van der Waals surface area contributed by atoms with Crippen LogP contribution in [-0.4, -0.2) is 19.2 Å². The molecule has 1 saturated carbocycles. The molecule has 0 unspecified atom stereocenters. The van der Waals surface area contributed by atoms with E-state index >= 15 is 0 Å². The van der Waals surface area contributed by atoms with Crippen LogP contribution in [-0.2, 0) is 9.53 Å². The van der Waals surface area contributed by atoms with E-state index in [1.54, 1.807) is 19.1 Å². The van der Waals surface area contributed by atoms with Crippen molar-refractivity contribution < 1.29 is 14.3 Å². The summed E-state index contributed by atoms with van der Waals surface area (Å²) in [4.78, 5) is 11.7. The van der Waals surface area contributed by atoms with Crippen LogP contribution in [0.5, 0.6) is 5.75 Å². The number of carbonyl (C=O) groups is 1. The van der Waals surface area contributed by atoms with E-state index in [0.717, 1.165) is 17.3 Å². The highest BCUT2D eigenvalue weighted by Crippen LogP contribution is 2.47. The number of benzene rings is 1. The summed E-state index contributed by atoms with van der Waals surface area (Å²) in [7, 11) is 0. The maximum Gasteiger partial charge on any atom is 0.315 e. The summed E-state index contributed by atoms with van der Waals surface area (Å²) < 4.78 is 11.6. The Hall–Kier alpha value is -0.740. The van der Waals surface area contributed by atoms with Crippen LogP contribution in [0.25, 0.3) is 0 Å². The van der Waals surface area contributed by atoms with Gasteiger partial charge in [-0.3, -0.25) is 4.79 Å². The average Bonchev–Trinajstić information content (AvgIpc) is 3.09. The van der Waals surface area contributed by atoms with Crippen molar-refractivity contribution in [3.05, 3.63) is 27.7 Å². The number of rotatable bonds is 5. The molecule has 0 aromatic heterocycles. The second kappa shape index (κ2) is 5.49. The Bertz CT molecular complexity index is 458. The first-order valence-corrected chi connectivity index (χ1v) is 6.99. The Morgan fingerprint density at radius 2 is 2.22 bits per heavy atom. The summed E-state index contributed by atoms with van der Waals surface area (Å²) in [5.74, 6) is 0.425. The minimum atomic E-state index is -0.452. The third kappa shape index (κ3) is 2.98. The van der Waals surface area contributed by atoms with Gasteiger partial charge in [-0.25, -0.2) is 0 Å². The number of esters is 1. The van der Waals surface area contributed by atoms with Crippen molar-refractivity contribution >= 4 is 33.5 Å². The second-order valence-corrected chi connectivity index (χ2v) is 5.69. The Morgan fingerprint density at radius 1 is 1.50 bits per heavy atom. The zero-order valence-electron chi connectivity index (χ0n) is 10.0. The number of hydrogen-bond donors (Lipinski definition) is 0. The minimum Gasteiger partial charge on any atom is -0.491 e. The monoisotopic (exact) mass is 332 g/mol. The van der Waals surface area contributed by atoms with Crippen LogP contribution in [0.3, 0.4) is 0 Å². The van der Waals surface area contributed by atoms with E-state index in [9.17, 15) is 4.79 Å². The predicted molar refractivity (Wildman–Crippen MR) is 72.9 cm³/mol. The smallest absolute Gasteiger partial charge is 0.315 e. The molecule has 0 bridgehead atoms. The Labute approximate surface area is 120 Å². The quantitative estimate of drug-likeness (QED) is 0.768. The van der Waals surface area contributed by atoms with Crippen LogP contribution in [0, 0.1) is 5.41 Å². The van der Waals surface area contributed by atoms with Crippen molar-refractivity contribution in [1.29, 1.82) is 0 Å². The van der Waals surface area contributed by atoms with Crippen LogP contribution in [0.15, 0.2) is 22.7 Å². The maximum absolute atomic E-state index is 11.7. The molecular formula is C13H14BrClO3. The minimum absolute atomic E-state index is 0.168. The van der Waals surface area contributed by atoms with E-state index in [2.05, 4.69) is 15.9 Å². The van der Waals surface area contributed by atoms with Gasteiger partial charge in [0, 0.05) is 4.47 Å². The van der Waals surface area contributed by atoms with Crippen LogP contribution in [0.4, 0.5) is 0 Å². The fourth-order valence-electron chi connectivity index (χ4n) is 1.65. The second-order valence-electron chi connectivity index (χ2n) is 4.36. The van der Waals surface area contributed by atoms with E-state index < -0.39 is 5.41 Å². The lowest BCUT2D eigenvalue weighted by Crippen LogP contribution is -2.25. The molecule has 0 saturated heterocycles. The zero-order valence-corrected chi connectivity index (χ0v) is 12.4. The molecule has 1 aliphatic rings. The lowest BCUT2D eigenvalue weighted by atomic mass is 10.1. The predicted octanol–water partition coefficient (Wildman–Crippen LogP) is 3.82. The van der Waals surface area contributed by atoms with Crippen LogP contribution in [0.2, 0.25) is 5.02 Å². The molecule has 0 spiro atoms. The Kier molecular flexibility index (Phi) is 4.17. The van der Waals surface area contributed by atoms with Gasteiger partial charge in [0.05, 0.1) is 11.6 Å². The summed E-state index contributed by atoms with van der Waals surface area (Å²) >= 11 is 9.38. The van der Waals surface area contributed by atoms with E-state index in [-0.39, 0.29) is 5.97 Å². The van der Waals surface area contributed by atoms with E-state index in [1.165, 1.54) is 0 Å². The SMILES string of the molecule is CCOC(=O)C1(COc2ccc(Br)cc2Cl)CC1. The van der Waals surface area contributed by atoms with Crippen molar-refractivity contribution in [3.8, 4) is 5.75 Å². The summed E-state index contributed by atoms with van der Waals surface area (Å²) in [6.45, 7) is 2.53. The molecule has 3 nitrogen and oxygen atoms in total. The first kappa shape index (κ1) is 13.7. The van der Waals surface area contributed by atoms with Gasteiger partial charge < -0.3 is 9.47 Å². The normalized spacial score (nSPS) is 16.2. The Morgan fingerprint density at radius 3 is 2.78 bits per heavy atom. The molecule has 1 aliphatic carbocycles. The summed E-state index contributed by atoms with van der Waals surface area (Å²) in [5.41, 5.74) is -0.452. The largest absolute Gasteiger partial charge is 0.491 e. The van der Waals surface area contributed by atoms with Crippen LogP contribution < -0.4 is 4.74 Å². The third-order valence-electron chi connectivity index (χ3n) is 2.96. The van der Waals surface area contributed by atoms with Gasteiger partial charge in [0.15, 0.2) is 0 Å². The van der Waals surface area contributed by atoms with Gasteiger partial charge >= 0.3 is 5.97 Å². The van der Waals surface area contributed by atoms with Crippen LogP contribution >= 0.6 is 27.5 Å². The molecule has 0 heterocycles. The first-order chi connectivity index (χ1) is 8.57. The summed E-state index contributed by atoms with van der Waals surface area (Å²) in [6.07, 6.45) is 1.64. The van der Waals surface area contributed by atoms with Gasteiger partial charge in [-0.15, -0.1) is 0 Å². The molecule has 0 radical (unpaired) electrons. The van der Waals surface area contributed by atoms with Crippen molar-refractivity contribution in [3.63, 3.8) is 0 Å². The lowest BCUT2D eigenvalue weighted by molar-refractivity contribution is -0.150. The lowest BCUT2D eigenvalue weighted by Gasteiger charge is -2.15. The average molecular weight is 334 g/mol. The molecular weight excluding hydrogens is 319 g/mol. The highest BCUT2D eigenvalue weighted by atomic mass is 79.9. The number of hydrogen-bond acceptors (Lipinski definition) is 3. The highest BCUT2D eigenvalue weighted by molar-refractivity contribution is 9.10. The maximum atomic E-state index is 11.7. The van der Waals surface area contributed by atoms with Crippen molar-refractivity contribution in [1.82, 2.24) is 0 Å². The molecule has 1 aromatic rings. The molecule has 98 valence electrons. The topological polar surface area (TPSA) is 35.5 Å². The van der Waals surface area contributed by atoms with E-state index in [0.29, 0.717) is 24.0 Å². The number of carbonyl (C=O) groups excluding carboxylic acids is 1. The molecule has 1 aromatic carbocycles. The van der Waals surface area contributed by atoms with E-state index in [4.69, 9.17) is 21.1 Å². The first-order valence-electron chi connectivity index (χ1n) is 5.82. The van der Waals surface area contributed by atoms with E-state index in [1.807, 2.05) is 6.07 Å². The van der Waals surface area contributed by atoms with Crippen molar-refractivity contribution in [2.75, 3.05) is 13.2 Å². The van der Waals surface area contributed by atoms with Crippen molar-refractivity contribution in [2.45, 2.75) is 19.8 Å². The van der Waals surface area contributed by atoms with Gasteiger partial charge in [0.1, 0.15) is 17.8 Å². The fourth-order valence-corrected chi connectivity index (χ4v) is 2.38. The van der Waals surface area contributed by atoms with Gasteiger partial charge in [0.25, 0.3) is 0 Å². The van der Waals surface area contributed by atoms with Gasteiger partial charge in [-0.2, -0.15) is 0 Å². The molecule has 1 fully saturated rings. The standard InChI is InChI=1S/C13H14BrClO3/c1-2-17-12(16)13(5-6-13)8-18-11-4-3-9(14)7-10(11)15/h3-4,7H,2,5-6,8H2,1H3. The summed E-state index contributed by atoms with van der Waals surface area (Å²) in [6, 6.07) is 5.40. The number of ether oxygens (including phenoxy) is 2. The summed E-state index contributed by atoms with van der Waals surface area (Å²) in [5, 5.41) is 0.532. The fraction of sp³-hybridized carbons (Fsp3) is 0.462. The zero-order chi connectivity index (χ0) is 13.2. The van der Waals surface area contributed by atoms with Crippen molar-refractivity contribution in [2.24, 2.45) is 5.41 Å². The molecule has 0 aliphatic heterocycles. The van der Waals surface area contributed by atoms with Gasteiger partial charge in [0.2, 0.25) is 0 Å². The highest BCUT2D eigenvalue weighted by Gasteiger charge is 2.52. The molecule has 18 heavy (non-hydrogen) atoms. The molecule has 2 rings (SSSR count).